The molecule has 0 saturated heterocycles. The third kappa shape index (κ3) is 29.2. The Morgan fingerprint density at radius 1 is 0.302 bits per heavy atom. The maximum absolute atomic E-state index is 14.7. The largest absolute Gasteiger partial charge is 1.00 e. The predicted molar refractivity (Wildman–Crippen MR) is 494 cm³/mol. The fourth-order valence-electron chi connectivity index (χ4n) is 15.4. The van der Waals surface area contributed by atoms with E-state index in [1.165, 1.54) is 0 Å². The summed E-state index contributed by atoms with van der Waals surface area (Å²) in [6.45, 7) is 36.6. The zero-order valence-corrected chi connectivity index (χ0v) is 91.9. The third-order valence-electron chi connectivity index (χ3n) is 22.4. The number of carboxylic acids is 3. The van der Waals surface area contributed by atoms with Crippen LogP contribution in [0.3, 0.4) is 0 Å². The molecule has 126 heavy (non-hydrogen) atoms. The Balaban J connectivity index is 0.00000726. The van der Waals surface area contributed by atoms with Crippen LogP contribution in [0.5, 0.6) is 34.5 Å². The van der Waals surface area contributed by atoms with Gasteiger partial charge in [-0.05, 0) is 203 Å². The van der Waals surface area contributed by atoms with E-state index in [-0.39, 0.29) is 212 Å². The van der Waals surface area contributed by atoms with E-state index in [1.807, 2.05) is 0 Å². The van der Waals surface area contributed by atoms with Gasteiger partial charge in [0.25, 0.3) is 0 Å². The van der Waals surface area contributed by atoms with E-state index in [0.29, 0.717) is 84.6 Å². The van der Waals surface area contributed by atoms with Gasteiger partial charge in [-0.25, -0.2) is 14.4 Å². The molecule has 3 atom stereocenters. The van der Waals surface area contributed by atoms with Gasteiger partial charge < -0.3 is 59.1 Å². The molecule has 0 fully saturated rings. The second-order valence-electron chi connectivity index (χ2n) is 38.4. The Labute approximate surface area is 897 Å². The normalized spacial score (nSPS) is 13.9. The number of carboxylic acid groups (broad SMARTS) is 3. The molecule has 18 nitrogen and oxygen atoms in total. The molecular formula is C102H117Br3K3N3O15. The van der Waals surface area contributed by atoms with Crippen molar-refractivity contribution in [2.45, 2.75) is 233 Å². The van der Waals surface area contributed by atoms with Crippen LogP contribution in [-0.4, -0.2) is 110 Å². The molecule has 0 amide bonds. The zero-order valence-electron chi connectivity index (χ0n) is 77.8. The number of hydrogen-bond acceptors (Lipinski definition) is 15. The molecule has 12 bridgehead atoms. The van der Waals surface area contributed by atoms with Crippen LogP contribution in [0.2, 0.25) is 0 Å². The summed E-state index contributed by atoms with van der Waals surface area (Å²) in [5.41, 5.74) is 13.3. The second-order valence-corrected chi connectivity index (χ2v) is 41.2. The number of halogens is 3. The minimum atomic E-state index is -1.44. The summed E-state index contributed by atoms with van der Waals surface area (Å²) in [4.78, 5) is 52.3. The number of fused-ring (bicyclic) bond motifs is 12. The molecule has 0 aliphatic heterocycles. The monoisotopic (exact) mass is 1980 g/mol. The predicted octanol–water partition coefficient (Wildman–Crippen LogP) is 10.2. The first-order valence-corrected chi connectivity index (χ1v) is 43.9. The Hall–Kier alpha value is -5.05. The van der Waals surface area contributed by atoms with Crippen LogP contribution in [0.15, 0.2) is 174 Å². The van der Waals surface area contributed by atoms with Crippen molar-refractivity contribution in [2.24, 2.45) is 15.0 Å². The van der Waals surface area contributed by atoms with Crippen LogP contribution in [0.4, 0.5) is 0 Å². The smallest absolute Gasteiger partial charge is 0.860 e. The van der Waals surface area contributed by atoms with Crippen molar-refractivity contribution in [1.29, 1.82) is 0 Å². The van der Waals surface area contributed by atoms with Crippen molar-refractivity contribution in [2.75, 3.05) is 41.2 Å². The summed E-state index contributed by atoms with van der Waals surface area (Å²) in [7, 11) is 4.93. The van der Waals surface area contributed by atoms with Gasteiger partial charge in [-0.2, -0.15) is 0 Å². The van der Waals surface area contributed by atoms with E-state index in [0.717, 1.165) is 80.2 Å². The molecule has 654 valence electrons. The maximum Gasteiger partial charge on any atom is 1.00 e. The SMILES string of the molecule is COc1c2cc(C(C)(C)C)cc1Cc1cc(C(C)(C)C)cc(c1OCC([O-])=N[C@@H](Cc1ccc(Br)cc1)C(=O)O)Cc1cc(C(C)(C)C)cc(c1OC)Cc1cc(C(C)(C)C)cc(c1OCC([O-])=N[C@@H](Cc1ccc(Br)cc1)C(=O)O)Cc1cc(C(C)(C)C)cc(c1OC)Cc1cc(C(C)(C)C)cc(c1OCC([O-])=N[C@@H](Cc1ccc(Br)cc1)C(=O)O)C2.[K+].[K+].[K+]. The molecule has 0 aromatic heterocycles. The van der Waals surface area contributed by atoms with E-state index in [9.17, 15) is 45.0 Å². The molecule has 10 rings (SSSR count). The van der Waals surface area contributed by atoms with Crippen molar-refractivity contribution in [1.82, 2.24) is 0 Å². The summed E-state index contributed by atoms with van der Waals surface area (Å²) in [6.07, 6.45) is 0.833. The van der Waals surface area contributed by atoms with Gasteiger partial charge in [0.2, 0.25) is 0 Å². The number of rotatable bonds is 24. The van der Waals surface area contributed by atoms with Crippen LogP contribution in [-0.2, 0) is 105 Å². The van der Waals surface area contributed by atoms with E-state index < -0.39 is 106 Å². The standard InChI is InChI=1S/C102H120Br3N3O15.3K/c1-97(2,3)73-43-61-37-67-49-76(100(10,11)12)51-69(91(67)121-55-85(109)106-82(94(112)113)34-58-22-28-79(103)29-23-58)39-63-45-74(98(4,5)6)47-65(89(63)119-20)41-71-53-78(102(16,17)18)54-72(93(71)123-57-87(111)108-84(96(116)117)36-60-26-32-81(105)33-27-60)42-66-48-75(99(7,8)9)46-64(90(66)120-21)40-70-52-77(101(13,14)15)50-68(38-62(44-73)88(61)118-19)92(70)122-56-86(110)107-83(95(114)115)35-59-24-30-80(104)31-25-59;;;/h22-33,43-54,82-84H,34-42,55-57H2,1-21H3,(H,106,109)(H,107,110)(H,108,111)(H,112,113)(H,114,115)(H,116,117);;;/q;3*+1/p-3/t82-,83-,84-;;;/m0.../s1. The van der Waals surface area contributed by atoms with Crippen molar-refractivity contribution < 1.29 is 228 Å². The molecule has 0 radical (unpaired) electrons. The molecule has 0 unspecified atom stereocenters. The molecule has 9 aromatic rings. The Kier molecular flexibility index (Phi) is 39.1. The van der Waals surface area contributed by atoms with Gasteiger partial charge >= 0.3 is 172 Å². The molecule has 0 saturated carbocycles. The number of aliphatic imine (C=N–C) groups is 3. The van der Waals surface area contributed by atoms with Crippen molar-refractivity contribution in [3.05, 3.63) is 276 Å². The number of carbonyl (C=O) groups is 3. The van der Waals surface area contributed by atoms with Crippen LogP contribution in [0.1, 0.15) is 241 Å². The van der Waals surface area contributed by atoms with Crippen molar-refractivity contribution >= 4 is 83.4 Å². The van der Waals surface area contributed by atoms with E-state index in [2.05, 4.69) is 260 Å². The Bertz CT molecular complexity index is 4800. The minimum absolute atomic E-state index is 0. The van der Waals surface area contributed by atoms with Crippen LogP contribution < -0.4 is 198 Å². The Morgan fingerprint density at radius 2 is 0.452 bits per heavy atom. The first-order valence-electron chi connectivity index (χ1n) is 41.6. The first kappa shape index (κ1) is 108. The molecule has 9 aromatic carbocycles. The van der Waals surface area contributed by atoms with Gasteiger partial charge in [-0.3, -0.25) is 15.0 Å². The fourth-order valence-corrected chi connectivity index (χ4v) is 16.2. The molecule has 0 heterocycles. The summed E-state index contributed by atoms with van der Waals surface area (Å²) >= 11 is 10.4. The molecule has 24 heteroatoms. The number of hydrogen-bond donors (Lipinski definition) is 3. The average Bonchev–Trinajstić information content (AvgIpc) is 0.763. The topological polar surface area (TPSA) is 274 Å². The van der Waals surface area contributed by atoms with Crippen LogP contribution in [0, 0.1) is 0 Å². The molecule has 1 aliphatic carbocycles. The number of aliphatic carboxylic acids is 3. The van der Waals surface area contributed by atoms with Gasteiger partial charge in [0, 0.05) is 71.2 Å². The number of ether oxygens (including phenoxy) is 6. The summed E-state index contributed by atoms with van der Waals surface area (Å²) in [6, 6.07) is 42.8. The fraction of sp³-hybridized carbons (Fsp3) is 0.412. The average molecular weight is 1980 g/mol. The van der Waals surface area contributed by atoms with Gasteiger partial charge in [0.15, 0.2) is 0 Å². The maximum atomic E-state index is 14.7. The molecule has 0 spiro atoms. The second kappa shape index (κ2) is 45.6. The van der Waals surface area contributed by atoms with E-state index >= 15 is 0 Å². The minimum Gasteiger partial charge on any atom is -0.860 e. The van der Waals surface area contributed by atoms with Crippen molar-refractivity contribution in [3.63, 3.8) is 0 Å². The third-order valence-corrected chi connectivity index (χ3v) is 23.9. The van der Waals surface area contributed by atoms with E-state index in [1.54, 1.807) is 94.1 Å². The van der Waals surface area contributed by atoms with Crippen LogP contribution in [0.25, 0.3) is 0 Å². The van der Waals surface area contributed by atoms with E-state index in [4.69, 9.17) is 28.4 Å². The summed E-state index contributed by atoms with van der Waals surface area (Å²) < 4.78 is 43.9. The first-order chi connectivity index (χ1) is 57.5. The number of benzene rings is 9. The van der Waals surface area contributed by atoms with Gasteiger partial charge in [-0.15, -0.1) is 0 Å². The zero-order chi connectivity index (χ0) is 90.3. The number of nitrogens with zero attached hydrogens (tertiary/aromatic N) is 3. The Morgan fingerprint density at radius 3 is 0.587 bits per heavy atom. The molecular weight excluding hydrogens is 1860 g/mol. The number of methoxy groups -OCH3 is 3. The van der Waals surface area contributed by atoms with Gasteiger partial charge in [0.05, 0.1) is 21.3 Å². The summed E-state index contributed by atoms with van der Waals surface area (Å²) in [5.74, 6) is -3.51. The van der Waals surface area contributed by atoms with Gasteiger partial charge in [-0.1, -0.05) is 282 Å². The van der Waals surface area contributed by atoms with Crippen LogP contribution >= 0.6 is 47.8 Å². The molecule has 3 N–H and O–H groups in total. The quantitative estimate of drug-likeness (QED) is 0.0288. The summed E-state index contributed by atoms with van der Waals surface area (Å²) in [5, 5.41) is 76.2. The van der Waals surface area contributed by atoms with Crippen molar-refractivity contribution in [3.8, 4) is 34.5 Å². The van der Waals surface area contributed by atoms with Gasteiger partial charge in [0.1, 0.15) is 72.4 Å². The molecule has 1 aliphatic rings.